The molecule has 0 saturated heterocycles. The van der Waals surface area contributed by atoms with Gasteiger partial charge in [-0.15, -0.1) is 0 Å². The Bertz CT molecular complexity index is 1760. The summed E-state index contributed by atoms with van der Waals surface area (Å²) >= 11 is 0. The molecule has 0 fully saturated rings. The number of phenolic OH excluding ortho intramolecular Hbond substituents is 1. The Morgan fingerprint density at radius 2 is 1.80 bits per heavy atom. The zero-order chi connectivity index (χ0) is 29.6. The van der Waals surface area contributed by atoms with Crippen molar-refractivity contribution in [3.05, 3.63) is 75.6 Å². The first-order valence-corrected chi connectivity index (χ1v) is 14.1. The number of aromatic hydroxyl groups is 1. The maximum absolute atomic E-state index is 15.6. The van der Waals surface area contributed by atoms with E-state index < -0.39 is 55.6 Å². The van der Waals surface area contributed by atoms with Gasteiger partial charge in [0.25, 0.3) is 10.1 Å². The van der Waals surface area contributed by atoms with E-state index in [0.29, 0.717) is 16.9 Å². The van der Waals surface area contributed by atoms with Gasteiger partial charge in [0.2, 0.25) is 0 Å². The molecule has 12 heteroatoms. The monoisotopic (exact) mass is 572 g/mol. The Balaban J connectivity index is 2.08. The third kappa shape index (κ3) is 5.87. The van der Waals surface area contributed by atoms with E-state index in [9.17, 15) is 22.7 Å². The molecule has 1 aromatic carbocycles. The van der Waals surface area contributed by atoms with Gasteiger partial charge in [-0.3, -0.25) is 9.17 Å². The second-order valence-electron chi connectivity index (χ2n) is 11.0. The number of aryl methyl sites for hydroxylation is 1. The van der Waals surface area contributed by atoms with Gasteiger partial charge in [-0.05, 0) is 48.1 Å². The number of rotatable bonds is 7. The predicted octanol–water partition coefficient (Wildman–Crippen LogP) is 5.15. The van der Waals surface area contributed by atoms with E-state index in [4.69, 9.17) is 4.18 Å². The highest BCUT2D eigenvalue weighted by molar-refractivity contribution is 7.85. The van der Waals surface area contributed by atoms with Crippen LogP contribution in [0.3, 0.4) is 0 Å². The molecule has 4 aromatic rings. The predicted molar refractivity (Wildman–Crippen MR) is 147 cm³/mol. The van der Waals surface area contributed by atoms with Crippen molar-refractivity contribution in [3.8, 4) is 22.7 Å². The van der Waals surface area contributed by atoms with Crippen molar-refractivity contribution in [1.82, 2.24) is 19.5 Å². The zero-order valence-electron chi connectivity index (χ0n) is 23.0. The van der Waals surface area contributed by atoms with Gasteiger partial charge in [0.05, 0.1) is 29.2 Å². The van der Waals surface area contributed by atoms with Crippen molar-refractivity contribution in [2.75, 3.05) is 6.61 Å². The average Bonchev–Trinajstić information content (AvgIpc) is 2.83. The lowest BCUT2D eigenvalue weighted by atomic mass is 9.99. The number of pyridine rings is 2. The summed E-state index contributed by atoms with van der Waals surface area (Å²) in [6.45, 7) is 10.7. The standard InChI is InChI=1S/C28H30F2N4O5S/c1-15(2)23-25(16(3)10-11-31-23)34-26-17(12-19(30)24(33-26)22-18(29)8-7-9-21(22)35)20(32-27(34)36)13-40(37,38)39-14-28(4,5)6/h7-12,15,35H,13-14H2,1-6H3. The van der Waals surface area contributed by atoms with Gasteiger partial charge in [0, 0.05) is 11.6 Å². The normalized spacial score (nSPS) is 12.4. The first kappa shape index (κ1) is 29.2. The summed E-state index contributed by atoms with van der Waals surface area (Å²) in [4.78, 5) is 26.3. The van der Waals surface area contributed by atoms with Crippen LogP contribution in [0.15, 0.2) is 41.3 Å². The van der Waals surface area contributed by atoms with Crippen molar-refractivity contribution < 1.29 is 26.5 Å². The molecular formula is C28H30F2N4O5S. The van der Waals surface area contributed by atoms with Crippen LogP contribution in [0.1, 0.15) is 57.5 Å². The third-order valence-electron chi connectivity index (χ3n) is 6.04. The third-order valence-corrected chi connectivity index (χ3v) is 7.14. The van der Waals surface area contributed by atoms with Crippen LogP contribution in [0.4, 0.5) is 8.78 Å². The summed E-state index contributed by atoms with van der Waals surface area (Å²) in [7, 11) is -4.25. The van der Waals surface area contributed by atoms with Crippen LogP contribution in [0.5, 0.6) is 5.75 Å². The van der Waals surface area contributed by atoms with E-state index in [0.717, 1.165) is 16.7 Å². The summed E-state index contributed by atoms with van der Waals surface area (Å²) in [5.41, 5.74) is -1.43. The first-order chi connectivity index (χ1) is 18.6. The lowest BCUT2D eigenvalue weighted by Crippen LogP contribution is -2.28. The van der Waals surface area contributed by atoms with Gasteiger partial charge in [-0.25, -0.2) is 23.1 Å². The van der Waals surface area contributed by atoms with Crippen molar-refractivity contribution in [1.29, 1.82) is 0 Å². The first-order valence-electron chi connectivity index (χ1n) is 12.5. The molecule has 0 saturated carbocycles. The molecule has 0 aliphatic rings. The van der Waals surface area contributed by atoms with Gasteiger partial charge in [-0.2, -0.15) is 13.4 Å². The Kier molecular flexibility index (Phi) is 7.79. The molecule has 3 aromatic heterocycles. The van der Waals surface area contributed by atoms with Crippen LogP contribution >= 0.6 is 0 Å². The molecule has 3 heterocycles. The fraction of sp³-hybridized carbons (Fsp3) is 0.357. The highest BCUT2D eigenvalue weighted by Gasteiger charge is 2.27. The molecule has 0 bridgehead atoms. The van der Waals surface area contributed by atoms with E-state index in [1.807, 2.05) is 13.8 Å². The number of nitrogens with zero attached hydrogens (tertiary/aromatic N) is 4. The summed E-state index contributed by atoms with van der Waals surface area (Å²) in [6.07, 6.45) is 1.58. The van der Waals surface area contributed by atoms with Crippen LogP contribution < -0.4 is 5.69 Å². The molecule has 9 nitrogen and oxygen atoms in total. The number of aromatic nitrogens is 4. The molecule has 0 atom stereocenters. The Morgan fingerprint density at radius 1 is 1.10 bits per heavy atom. The molecule has 0 aliphatic heterocycles. The molecule has 0 spiro atoms. The highest BCUT2D eigenvalue weighted by Crippen LogP contribution is 2.35. The summed E-state index contributed by atoms with van der Waals surface area (Å²) in [6, 6.07) is 6.07. The van der Waals surface area contributed by atoms with Crippen LogP contribution in [0, 0.1) is 24.0 Å². The molecule has 4 rings (SSSR count). The van der Waals surface area contributed by atoms with E-state index in [2.05, 4.69) is 15.0 Å². The summed E-state index contributed by atoms with van der Waals surface area (Å²) in [5, 5.41) is 10.2. The highest BCUT2D eigenvalue weighted by atomic mass is 32.2. The quantitative estimate of drug-likeness (QED) is 0.302. The summed E-state index contributed by atoms with van der Waals surface area (Å²) in [5.74, 6) is -3.54. The van der Waals surface area contributed by atoms with E-state index in [1.165, 1.54) is 12.1 Å². The molecule has 0 radical (unpaired) electrons. The minimum atomic E-state index is -4.25. The number of fused-ring (bicyclic) bond motifs is 1. The van der Waals surface area contributed by atoms with Crippen LogP contribution in [-0.4, -0.2) is 39.7 Å². The van der Waals surface area contributed by atoms with Crippen LogP contribution in [-0.2, 0) is 20.1 Å². The lowest BCUT2D eigenvalue weighted by Gasteiger charge is -2.20. The molecule has 0 amide bonds. The van der Waals surface area contributed by atoms with E-state index >= 15 is 4.39 Å². The minimum Gasteiger partial charge on any atom is -0.507 e. The zero-order valence-corrected chi connectivity index (χ0v) is 23.8. The van der Waals surface area contributed by atoms with E-state index in [1.54, 1.807) is 40.0 Å². The second-order valence-corrected chi connectivity index (χ2v) is 12.7. The Labute approximate surface area is 230 Å². The molecule has 0 aliphatic carbocycles. The van der Waals surface area contributed by atoms with Crippen molar-refractivity contribution >= 4 is 21.2 Å². The average molecular weight is 573 g/mol. The van der Waals surface area contributed by atoms with Crippen LogP contribution in [0.25, 0.3) is 28.0 Å². The Hall–Kier alpha value is -3.77. The summed E-state index contributed by atoms with van der Waals surface area (Å²) < 4.78 is 62.3. The second kappa shape index (κ2) is 10.7. The van der Waals surface area contributed by atoms with Crippen molar-refractivity contribution in [3.63, 3.8) is 0 Å². The van der Waals surface area contributed by atoms with Gasteiger partial charge in [0.15, 0.2) is 11.5 Å². The number of benzene rings is 1. The topological polar surface area (TPSA) is 124 Å². The maximum Gasteiger partial charge on any atom is 0.354 e. The number of phenols is 1. The van der Waals surface area contributed by atoms with Gasteiger partial charge < -0.3 is 5.11 Å². The molecule has 212 valence electrons. The lowest BCUT2D eigenvalue weighted by molar-refractivity contribution is 0.203. The fourth-order valence-corrected chi connectivity index (χ4v) is 5.34. The Morgan fingerprint density at radius 3 is 2.42 bits per heavy atom. The fourth-order valence-electron chi connectivity index (χ4n) is 4.17. The van der Waals surface area contributed by atoms with Gasteiger partial charge in [0.1, 0.15) is 23.0 Å². The minimum absolute atomic E-state index is 0.0995. The van der Waals surface area contributed by atoms with E-state index in [-0.39, 0.29) is 29.3 Å². The maximum atomic E-state index is 15.6. The number of hydrogen-bond acceptors (Lipinski definition) is 8. The van der Waals surface area contributed by atoms with Gasteiger partial charge >= 0.3 is 5.69 Å². The number of hydrogen-bond donors (Lipinski definition) is 1. The SMILES string of the molecule is Cc1ccnc(C(C)C)c1-n1c(=O)nc(CS(=O)(=O)OCC(C)(C)C)c2cc(F)c(-c3c(O)cccc3F)nc21. The molecule has 0 unspecified atom stereocenters. The molecule has 40 heavy (non-hydrogen) atoms. The smallest absolute Gasteiger partial charge is 0.354 e. The largest absolute Gasteiger partial charge is 0.507 e. The molecule has 1 N–H and O–H groups in total. The van der Waals surface area contributed by atoms with Crippen molar-refractivity contribution in [2.24, 2.45) is 5.41 Å². The molecular weight excluding hydrogens is 542 g/mol. The van der Waals surface area contributed by atoms with Crippen molar-refractivity contribution in [2.45, 2.75) is 53.2 Å². The number of halogens is 2. The van der Waals surface area contributed by atoms with Crippen LogP contribution in [0.2, 0.25) is 0 Å². The van der Waals surface area contributed by atoms with Gasteiger partial charge in [-0.1, -0.05) is 40.7 Å².